The Morgan fingerprint density at radius 1 is 0.263 bits per heavy atom. The Kier molecular flexibility index (Phi) is 10.2. The molecule has 0 fully saturated rings. The Bertz CT molecular complexity index is 4420. The van der Waals surface area contributed by atoms with Crippen LogP contribution in [0.1, 0.15) is 0 Å². The van der Waals surface area contributed by atoms with E-state index in [4.69, 9.17) is 8.83 Å². The van der Waals surface area contributed by atoms with Gasteiger partial charge < -0.3 is 18.3 Å². The number of anilines is 3. The molecule has 0 amide bonds. The minimum atomic E-state index is 0.876. The Morgan fingerprint density at radius 3 is 1.18 bits per heavy atom. The maximum absolute atomic E-state index is 6.45. The summed E-state index contributed by atoms with van der Waals surface area (Å²) < 4.78 is 15.4. The molecule has 4 heteroatoms. The number of hydrogen-bond acceptors (Lipinski definition) is 3. The first-order valence-electron chi connectivity index (χ1n) is 25.9. The quantitative estimate of drug-likeness (QED) is 0.145. The van der Waals surface area contributed by atoms with Gasteiger partial charge in [0, 0.05) is 54.8 Å². The van der Waals surface area contributed by atoms with Crippen LogP contribution in [0.25, 0.3) is 127 Å². The van der Waals surface area contributed by atoms with Crippen molar-refractivity contribution in [3.63, 3.8) is 0 Å². The molecule has 0 saturated heterocycles. The molecule has 0 bridgehead atoms. The second-order valence-electron chi connectivity index (χ2n) is 19.5. The fourth-order valence-electron chi connectivity index (χ4n) is 11.7. The van der Waals surface area contributed by atoms with E-state index in [-0.39, 0.29) is 0 Å². The van der Waals surface area contributed by atoms with Gasteiger partial charge in [0.1, 0.15) is 22.3 Å². The zero-order chi connectivity index (χ0) is 50.1. The fraction of sp³-hybridized carbons (Fsp3) is 0. The summed E-state index contributed by atoms with van der Waals surface area (Å²) in [5, 5.41) is 6.79. The van der Waals surface area contributed by atoms with Gasteiger partial charge in [0.25, 0.3) is 0 Å². The van der Waals surface area contributed by atoms with Gasteiger partial charge in [0.15, 0.2) is 0 Å². The average Bonchev–Trinajstić information content (AvgIpc) is 4.20. The van der Waals surface area contributed by atoms with Crippen LogP contribution in [0, 0.1) is 0 Å². The van der Waals surface area contributed by atoms with Crippen LogP contribution in [-0.2, 0) is 0 Å². The molecule has 0 N–H and O–H groups in total. The highest BCUT2D eigenvalue weighted by Gasteiger charge is 2.24. The van der Waals surface area contributed by atoms with Crippen molar-refractivity contribution in [3.8, 4) is 61.3 Å². The van der Waals surface area contributed by atoms with E-state index in [1.807, 2.05) is 12.1 Å². The van der Waals surface area contributed by atoms with Crippen LogP contribution < -0.4 is 4.90 Å². The maximum atomic E-state index is 6.45. The van der Waals surface area contributed by atoms with Gasteiger partial charge in [0.05, 0.1) is 22.4 Å². The third-order valence-corrected chi connectivity index (χ3v) is 15.2. The van der Waals surface area contributed by atoms with Gasteiger partial charge in [-0.15, -0.1) is 0 Å². The molecule has 4 nitrogen and oxygen atoms in total. The summed E-state index contributed by atoms with van der Waals surface area (Å²) >= 11 is 0. The molecule has 15 aromatic rings. The molecule has 0 saturated carbocycles. The largest absolute Gasteiger partial charge is 0.456 e. The number of nitrogens with zero attached hydrogens (tertiary/aromatic N) is 2. The Labute approximate surface area is 439 Å². The molecule has 356 valence electrons. The Morgan fingerprint density at radius 2 is 0.658 bits per heavy atom. The molecule has 0 aliphatic rings. The van der Waals surface area contributed by atoms with Crippen LogP contribution in [0.15, 0.2) is 288 Å². The Balaban J connectivity index is 0.966. The number of para-hydroxylation sites is 4. The number of fused-ring (bicyclic) bond motifs is 9. The molecule has 0 spiro atoms. The van der Waals surface area contributed by atoms with Gasteiger partial charge in [-0.05, 0) is 117 Å². The molecule has 0 aliphatic heterocycles. The van der Waals surface area contributed by atoms with E-state index in [1.54, 1.807) is 0 Å². The molecule has 0 atom stereocenters. The minimum Gasteiger partial charge on any atom is -0.456 e. The van der Waals surface area contributed by atoms with Crippen molar-refractivity contribution in [1.29, 1.82) is 0 Å². The third kappa shape index (κ3) is 7.14. The molecule has 15 rings (SSSR count). The monoisotopic (exact) mass is 970 g/mol. The van der Waals surface area contributed by atoms with Crippen LogP contribution in [0.2, 0.25) is 0 Å². The number of rotatable bonds is 9. The van der Waals surface area contributed by atoms with Crippen molar-refractivity contribution < 1.29 is 8.83 Å². The van der Waals surface area contributed by atoms with Crippen molar-refractivity contribution in [2.45, 2.75) is 0 Å². The fourth-order valence-corrected chi connectivity index (χ4v) is 11.7. The van der Waals surface area contributed by atoms with Gasteiger partial charge in [-0.25, -0.2) is 0 Å². The van der Waals surface area contributed by atoms with E-state index >= 15 is 0 Å². The van der Waals surface area contributed by atoms with Crippen LogP contribution in [0.5, 0.6) is 0 Å². The van der Waals surface area contributed by atoms with Crippen LogP contribution in [0.3, 0.4) is 0 Å². The highest BCUT2D eigenvalue weighted by atomic mass is 16.3. The van der Waals surface area contributed by atoms with Gasteiger partial charge in [-0.2, -0.15) is 0 Å². The van der Waals surface area contributed by atoms with E-state index in [2.05, 4.69) is 276 Å². The topological polar surface area (TPSA) is 34.5 Å². The predicted molar refractivity (Wildman–Crippen MR) is 317 cm³/mol. The molecular weight excluding hydrogens is 925 g/mol. The lowest BCUT2D eigenvalue weighted by molar-refractivity contribution is 0.668. The summed E-state index contributed by atoms with van der Waals surface area (Å²) in [6, 6.07) is 100. The number of hydrogen-bond donors (Lipinski definition) is 0. The molecule has 0 unspecified atom stereocenters. The molecule has 12 aromatic carbocycles. The van der Waals surface area contributed by atoms with E-state index in [9.17, 15) is 0 Å². The summed E-state index contributed by atoms with van der Waals surface area (Å²) in [6.07, 6.45) is 0. The first-order chi connectivity index (χ1) is 37.7. The van der Waals surface area contributed by atoms with Gasteiger partial charge in [0.2, 0.25) is 0 Å². The van der Waals surface area contributed by atoms with E-state index in [1.165, 1.54) is 33.0 Å². The summed E-state index contributed by atoms with van der Waals surface area (Å²) in [5.74, 6) is 0. The lowest BCUT2D eigenvalue weighted by Gasteiger charge is -2.29. The summed E-state index contributed by atoms with van der Waals surface area (Å²) in [5.41, 5.74) is 21.4. The molecule has 3 heterocycles. The SMILES string of the molecule is c1ccc(-c2ccc(N(c3ccc(-c4ccccc4)cc3)c3ccccc3-c3ccccc3-n3c4cc(-c5cccc6oc7ccccc7c56)ccc4c4ccc(-c5cccc6oc7ccccc7c56)cc43)cc2)cc1. The Hall–Kier alpha value is -10.2. The lowest BCUT2D eigenvalue weighted by atomic mass is 9.97. The average molecular weight is 971 g/mol. The third-order valence-electron chi connectivity index (χ3n) is 15.2. The highest BCUT2D eigenvalue weighted by Crippen LogP contribution is 2.47. The second kappa shape index (κ2) is 17.8. The summed E-state index contributed by atoms with van der Waals surface area (Å²) in [4.78, 5) is 2.41. The highest BCUT2D eigenvalue weighted by molar-refractivity contribution is 6.17. The number of furan rings is 2. The van der Waals surface area contributed by atoms with Crippen molar-refractivity contribution in [3.05, 3.63) is 279 Å². The first-order valence-corrected chi connectivity index (χ1v) is 25.9. The summed E-state index contributed by atoms with van der Waals surface area (Å²) in [6.45, 7) is 0. The number of benzene rings is 12. The smallest absolute Gasteiger partial charge is 0.136 e. The zero-order valence-electron chi connectivity index (χ0n) is 41.3. The van der Waals surface area contributed by atoms with Crippen molar-refractivity contribution >= 4 is 82.7 Å². The molecule has 0 aliphatic carbocycles. The normalized spacial score (nSPS) is 11.7. The molecule has 0 radical (unpaired) electrons. The zero-order valence-corrected chi connectivity index (χ0v) is 41.3. The standard InChI is InChI=1S/C72H46N2O2/c1-3-17-47(18-4-1)49-33-39-53(40-34-49)73(54-41-35-50(36-42-54)48-19-5-2-6-20-48)63-27-11-7-21-57(63)58-22-8-12-28-64(58)74-65-45-51(55-25-15-31-69-71(55)61-23-9-13-29-67(61)75-69)37-43-59(65)60-44-38-52(46-66(60)74)56-26-16-32-70-72(56)62-24-10-14-30-68(62)76-70/h1-46H. The van der Waals surface area contributed by atoms with E-state index in [0.717, 1.165) is 111 Å². The van der Waals surface area contributed by atoms with Gasteiger partial charge >= 0.3 is 0 Å². The molecular formula is C72H46N2O2. The van der Waals surface area contributed by atoms with E-state index < -0.39 is 0 Å². The lowest BCUT2D eigenvalue weighted by Crippen LogP contribution is -2.11. The maximum Gasteiger partial charge on any atom is 0.136 e. The van der Waals surface area contributed by atoms with Crippen LogP contribution in [0.4, 0.5) is 17.1 Å². The van der Waals surface area contributed by atoms with E-state index in [0.29, 0.717) is 0 Å². The summed E-state index contributed by atoms with van der Waals surface area (Å²) in [7, 11) is 0. The predicted octanol–water partition coefficient (Wildman–Crippen LogP) is 20.4. The molecule has 76 heavy (non-hydrogen) atoms. The number of aromatic nitrogens is 1. The van der Waals surface area contributed by atoms with Gasteiger partial charge in [-0.1, -0.05) is 206 Å². The minimum absolute atomic E-state index is 0.876. The van der Waals surface area contributed by atoms with Gasteiger partial charge in [-0.3, -0.25) is 0 Å². The van der Waals surface area contributed by atoms with Crippen molar-refractivity contribution in [2.24, 2.45) is 0 Å². The van der Waals surface area contributed by atoms with Crippen molar-refractivity contribution in [2.75, 3.05) is 4.90 Å². The van der Waals surface area contributed by atoms with Crippen molar-refractivity contribution in [1.82, 2.24) is 4.57 Å². The second-order valence-corrected chi connectivity index (χ2v) is 19.5. The van der Waals surface area contributed by atoms with Crippen LogP contribution in [-0.4, -0.2) is 4.57 Å². The molecule has 3 aromatic heterocycles. The van der Waals surface area contributed by atoms with Crippen LogP contribution >= 0.6 is 0 Å². The first kappa shape index (κ1) is 43.4.